The quantitative estimate of drug-likeness (QED) is 0.850. The summed E-state index contributed by atoms with van der Waals surface area (Å²) in [5, 5.41) is 2.08. The minimum Gasteiger partial charge on any atom is -0.373 e. The van der Waals surface area contributed by atoms with E-state index in [0.29, 0.717) is 6.04 Å². The third kappa shape index (κ3) is 1.91. The smallest absolute Gasteiger partial charge is 0.0903 e. The van der Waals surface area contributed by atoms with Crippen LogP contribution in [0.5, 0.6) is 0 Å². The monoisotopic (exact) mass is 238 g/mol. The zero-order valence-corrected chi connectivity index (χ0v) is 10.2. The van der Waals surface area contributed by atoms with Crippen LogP contribution in [-0.4, -0.2) is 36.7 Å². The lowest BCUT2D eigenvalue weighted by molar-refractivity contribution is -0.0592. The predicted octanol–water partition coefficient (Wildman–Crippen LogP) is 1.61. The van der Waals surface area contributed by atoms with Gasteiger partial charge >= 0.3 is 0 Å². The number of nitrogens with two attached hydrogens (primary N) is 1. The highest BCUT2D eigenvalue weighted by Crippen LogP contribution is 2.29. The van der Waals surface area contributed by atoms with Gasteiger partial charge in [0.05, 0.1) is 18.8 Å². The van der Waals surface area contributed by atoms with E-state index in [0.717, 1.165) is 13.2 Å². The van der Waals surface area contributed by atoms with E-state index in [1.807, 2.05) is 0 Å². The summed E-state index contributed by atoms with van der Waals surface area (Å²) < 4.78 is 5.92. The van der Waals surface area contributed by atoms with Gasteiger partial charge in [0.25, 0.3) is 0 Å². The van der Waals surface area contributed by atoms with Crippen LogP contribution in [0.4, 0.5) is 0 Å². The van der Waals surface area contributed by atoms with Crippen LogP contribution in [0.1, 0.15) is 23.8 Å². The average Bonchev–Trinajstić information content (AvgIpc) is 2.98. The van der Waals surface area contributed by atoms with Gasteiger partial charge in [0.2, 0.25) is 0 Å². The summed E-state index contributed by atoms with van der Waals surface area (Å²) in [5.41, 5.74) is 6.26. The van der Waals surface area contributed by atoms with Gasteiger partial charge in [0, 0.05) is 17.5 Å². The minimum atomic E-state index is 0.0431. The van der Waals surface area contributed by atoms with E-state index in [9.17, 15) is 0 Å². The van der Waals surface area contributed by atoms with Crippen molar-refractivity contribution in [2.75, 3.05) is 19.7 Å². The highest BCUT2D eigenvalue weighted by molar-refractivity contribution is 7.10. The fourth-order valence-electron chi connectivity index (χ4n) is 2.72. The molecule has 1 aromatic rings. The molecule has 3 atom stereocenters. The number of thiophene rings is 1. The molecule has 3 rings (SSSR count). The van der Waals surface area contributed by atoms with Crippen molar-refractivity contribution in [3.05, 3.63) is 22.4 Å². The summed E-state index contributed by atoms with van der Waals surface area (Å²) in [6, 6.07) is 4.86. The molecule has 0 aromatic carbocycles. The molecule has 16 heavy (non-hydrogen) atoms. The second kappa shape index (κ2) is 4.45. The fourth-order valence-corrected chi connectivity index (χ4v) is 3.50. The second-order valence-electron chi connectivity index (χ2n) is 4.70. The van der Waals surface area contributed by atoms with Crippen molar-refractivity contribution >= 4 is 11.3 Å². The van der Waals surface area contributed by atoms with Gasteiger partial charge in [-0.15, -0.1) is 11.3 Å². The highest BCUT2D eigenvalue weighted by atomic mass is 32.1. The predicted molar refractivity (Wildman–Crippen MR) is 65.6 cm³/mol. The third-order valence-corrected chi connectivity index (χ3v) is 4.66. The minimum absolute atomic E-state index is 0.0431. The zero-order valence-electron chi connectivity index (χ0n) is 9.34. The number of hydrogen-bond acceptors (Lipinski definition) is 4. The van der Waals surface area contributed by atoms with Gasteiger partial charge < -0.3 is 10.5 Å². The Morgan fingerprint density at radius 3 is 3.31 bits per heavy atom. The van der Waals surface area contributed by atoms with E-state index in [4.69, 9.17) is 10.5 Å². The topological polar surface area (TPSA) is 38.5 Å². The van der Waals surface area contributed by atoms with Crippen molar-refractivity contribution < 1.29 is 4.74 Å². The Morgan fingerprint density at radius 1 is 1.56 bits per heavy atom. The lowest BCUT2D eigenvalue weighted by Gasteiger charge is -2.37. The molecule has 3 nitrogen and oxygen atoms in total. The maximum absolute atomic E-state index is 6.26. The van der Waals surface area contributed by atoms with Gasteiger partial charge in [-0.2, -0.15) is 0 Å². The van der Waals surface area contributed by atoms with Gasteiger partial charge in [-0.25, -0.2) is 0 Å². The summed E-state index contributed by atoms with van der Waals surface area (Å²) in [5.74, 6) is 0. The molecule has 4 heteroatoms. The standard InChI is InChI=1S/C12H18N2OS/c13-12(11-4-2-6-16-11)10-7-14-5-1-3-9(14)8-15-10/h2,4,6,9-10,12H,1,3,5,7-8,13H2. The number of fused-ring (bicyclic) bond motifs is 1. The number of nitrogens with zero attached hydrogens (tertiary/aromatic N) is 1. The molecule has 0 radical (unpaired) electrons. The van der Waals surface area contributed by atoms with Crippen molar-refractivity contribution in [2.45, 2.75) is 31.0 Å². The first kappa shape index (κ1) is 10.7. The van der Waals surface area contributed by atoms with Crippen LogP contribution < -0.4 is 5.73 Å². The van der Waals surface area contributed by atoms with Crippen molar-refractivity contribution in [1.29, 1.82) is 0 Å². The molecule has 2 N–H and O–H groups in total. The largest absolute Gasteiger partial charge is 0.373 e. The number of rotatable bonds is 2. The first-order chi connectivity index (χ1) is 7.84. The molecule has 2 aliphatic rings. The third-order valence-electron chi connectivity index (χ3n) is 3.69. The van der Waals surface area contributed by atoms with Crippen molar-refractivity contribution in [3.63, 3.8) is 0 Å². The average molecular weight is 238 g/mol. The Bertz CT molecular complexity index is 341. The Labute approximate surface area is 100 Å². The van der Waals surface area contributed by atoms with Gasteiger partial charge in [0.1, 0.15) is 0 Å². The molecular formula is C12H18N2OS. The molecule has 0 amide bonds. The fraction of sp³-hybridized carbons (Fsp3) is 0.667. The van der Waals surface area contributed by atoms with Crippen molar-refractivity contribution in [2.24, 2.45) is 5.73 Å². The van der Waals surface area contributed by atoms with Gasteiger partial charge in [-0.3, -0.25) is 4.90 Å². The first-order valence-electron chi connectivity index (χ1n) is 5.99. The van der Waals surface area contributed by atoms with Crippen molar-refractivity contribution in [1.82, 2.24) is 4.90 Å². The van der Waals surface area contributed by atoms with E-state index in [1.165, 1.54) is 24.3 Å². The van der Waals surface area contributed by atoms with Crippen LogP contribution in [0.3, 0.4) is 0 Å². The Balaban J connectivity index is 1.67. The normalized spacial score (nSPS) is 32.6. The van der Waals surface area contributed by atoms with Gasteiger partial charge in [0.15, 0.2) is 0 Å². The van der Waals surface area contributed by atoms with Crippen LogP contribution in [0, 0.1) is 0 Å². The maximum Gasteiger partial charge on any atom is 0.0903 e. The molecule has 0 bridgehead atoms. The maximum atomic E-state index is 6.26. The first-order valence-corrected chi connectivity index (χ1v) is 6.87. The van der Waals surface area contributed by atoms with Crippen LogP contribution in [0.2, 0.25) is 0 Å². The molecule has 0 aliphatic carbocycles. The van der Waals surface area contributed by atoms with E-state index in [2.05, 4.69) is 22.4 Å². The molecule has 88 valence electrons. The van der Waals surface area contributed by atoms with Crippen LogP contribution in [-0.2, 0) is 4.74 Å². The SMILES string of the molecule is NC(c1cccs1)C1CN2CCCC2CO1. The van der Waals surface area contributed by atoms with Crippen molar-refractivity contribution in [3.8, 4) is 0 Å². The highest BCUT2D eigenvalue weighted by Gasteiger charge is 2.35. The number of morpholine rings is 1. The van der Waals surface area contributed by atoms with E-state index in [1.54, 1.807) is 11.3 Å². The Hall–Kier alpha value is -0.420. The summed E-state index contributed by atoms with van der Waals surface area (Å²) >= 11 is 1.73. The van der Waals surface area contributed by atoms with E-state index >= 15 is 0 Å². The Morgan fingerprint density at radius 2 is 2.50 bits per heavy atom. The number of ether oxygens (including phenoxy) is 1. The van der Waals surface area contributed by atoms with Gasteiger partial charge in [-0.1, -0.05) is 6.07 Å². The van der Waals surface area contributed by atoms with E-state index in [-0.39, 0.29) is 12.1 Å². The summed E-state index contributed by atoms with van der Waals surface area (Å²) in [6.07, 6.45) is 2.78. The van der Waals surface area contributed by atoms with E-state index < -0.39 is 0 Å². The molecule has 3 heterocycles. The van der Waals surface area contributed by atoms with Crippen LogP contribution in [0.15, 0.2) is 17.5 Å². The molecule has 2 saturated heterocycles. The Kier molecular flexibility index (Phi) is 2.98. The lowest BCUT2D eigenvalue weighted by Crippen LogP contribution is -2.49. The molecule has 3 unspecified atom stereocenters. The molecule has 2 aliphatic heterocycles. The number of hydrogen-bond donors (Lipinski definition) is 1. The molecule has 2 fully saturated rings. The molecular weight excluding hydrogens is 220 g/mol. The lowest BCUT2D eigenvalue weighted by atomic mass is 10.1. The molecule has 0 saturated carbocycles. The van der Waals surface area contributed by atoms with Crippen LogP contribution in [0.25, 0.3) is 0 Å². The molecule has 1 aromatic heterocycles. The van der Waals surface area contributed by atoms with Gasteiger partial charge in [-0.05, 0) is 30.8 Å². The second-order valence-corrected chi connectivity index (χ2v) is 5.68. The summed E-state index contributed by atoms with van der Waals surface area (Å²) in [4.78, 5) is 3.78. The molecule has 0 spiro atoms. The zero-order chi connectivity index (χ0) is 11.0. The summed E-state index contributed by atoms with van der Waals surface area (Å²) in [6.45, 7) is 3.09. The van der Waals surface area contributed by atoms with Crippen LogP contribution >= 0.6 is 11.3 Å². The summed E-state index contributed by atoms with van der Waals surface area (Å²) in [7, 11) is 0.